The van der Waals surface area contributed by atoms with Gasteiger partial charge in [-0.2, -0.15) is 0 Å². The number of halogens is 1. The lowest BCUT2D eigenvalue weighted by atomic mass is 10.0. The van der Waals surface area contributed by atoms with Crippen LogP contribution in [-0.2, 0) is 6.54 Å². The van der Waals surface area contributed by atoms with E-state index in [1.807, 2.05) is 53.6 Å². The Morgan fingerprint density at radius 3 is 2.46 bits per heavy atom. The maximum absolute atomic E-state index is 13.2. The minimum atomic E-state index is 0.0472. The summed E-state index contributed by atoms with van der Waals surface area (Å²) >= 11 is 6.28. The van der Waals surface area contributed by atoms with E-state index in [2.05, 4.69) is 44.1 Å². The van der Waals surface area contributed by atoms with Gasteiger partial charge in [0.05, 0.1) is 5.69 Å². The van der Waals surface area contributed by atoms with Gasteiger partial charge in [-0.3, -0.25) is 4.79 Å². The van der Waals surface area contributed by atoms with Crippen LogP contribution in [-0.4, -0.2) is 65.0 Å². The monoisotopic (exact) mass is 539 g/mol. The van der Waals surface area contributed by atoms with Crippen molar-refractivity contribution < 1.29 is 4.79 Å². The molecule has 9 heteroatoms. The van der Waals surface area contributed by atoms with E-state index in [4.69, 9.17) is 16.6 Å². The number of piperazine rings is 1. The molecule has 4 heterocycles. The normalized spacial score (nSPS) is 15.1. The van der Waals surface area contributed by atoms with E-state index in [9.17, 15) is 4.79 Å². The van der Waals surface area contributed by atoms with Gasteiger partial charge in [0.15, 0.2) is 0 Å². The molecule has 0 unspecified atom stereocenters. The molecule has 0 spiro atoms. The van der Waals surface area contributed by atoms with Gasteiger partial charge in [0.25, 0.3) is 5.91 Å². The number of carbonyl (C=O) groups is 1. The van der Waals surface area contributed by atoms with Gasteiger partial charge < -0.3 is 20.0 Å². The zero-order valence-corrected chi connectivity index (χ0v) is 22.6. The summed E-state index contributed by atoms with van der Waals surface area (Å²) in [7, 11) is 0. The molecule has 2 aromatic heterocycles. The van der Waals surface area contributed by atoms with Crippen LogP contribution >= 0.6 is 11.6 Å². The van der Waals surface area contributed by atoms with Gasteiger partial charge in [-0.15, -0.1) is 0 Å². The number of aryl methyl sites for hydroxylation is 1. The maximum atomic E-state index is 13.2. The van der Waals surface area contributed by atoms with E-state index < -0.39 is 0 Å². The Balaban J connectivity index is 1.16. The third-order valence-corrected chi connectivity index (χ3v) is 7.66. The predicted molar refractivity (Wildman–Crippen MR) is 156 cm³/mol. The Hall–Kier alpha value is -4.17. The summed E-state index contributed by atoms with van der Waals surface area (Å²) in [6.45, 7) is 7.31. The number of fused-ring (bicyclic) bond motifs is 1. The fourth-order valence-corrected chi connectivity index (χ4v) is 5.34. The van der Waals surface area contributed by atoms with Crippen molar-refractivity contribution >= 4 is 35.0 Å². The predicted octanol–water partition coefficient (Wildman–Crippen LogP) is 4.89. The minimum Gasteiger partial charge on any atom is -0.367 e. The van der Waals surface area contributed by atoms with Crippen molar-refractivity contribution in [1.29, 1.82) is 0 Å². The summed E-state index contributed by atoms with van der Waals surface area (Å²) in [5.41, 5.74) is 6.23. The number of nitrogens with one attached hydrogen (secondary N) is 1. The number of anilines is 3. The number of aromatic nitrogens is 3. The van der Waals surface area contributed by atoms with Crippen LogP contribution in [0, 0.1) is 6.92 Å². The molecule has 1 saturated heterocycles. The van der Waals surface area contributed by atoms with E-state index in [0.29, 0.717) is 37.7 Å². The molecule has 198 valence electrons. The van der Waals surface area contributed by atoms with Gasteiger partial charge in [0, 0.05) is 80.6 Å². The first-order valence-corrected chi connectivity index (χ1v) is 13.6. The van der Waals surface area contributed by atoms with Gasteiger partial charge in [0.1, 0.15) is 5.82 Å². The molecule has 1 amide bonds. The fraction of sp³-hybridized carbons (Fsp3) is 0.267. The van der Waals surface area contributed by atoms with Crippen LogP contribution in [0.5, 0.6) is 0 Å². The standard InChI is InChI=1S/C30H30ClN7O/c1-21-3-8-26(31)17-25(21)20-38-12-11-32-28-27(38)18-24(19-35-28)22-4-6-23(7-5-22)29(39)36-13-15-37(16-14-36)30-33-9-2-10-34-30/h2-10,17-19H,11-16,20H2,1H3,(H,32,35). The molecule has 6 rings (SSSR count). The zero-order chi connectivity index (χ0) is 26.8. The second-order valence-corrected chi connectivity index (χ2v) is 10.4. The van der Waals surface area contributed by atoms with Crippen LogP contribution in [0.15, 0.2) is 73.2 Å². The highest BCUT2D eigenvalue weighted by molar-refractivity contribution is 6.30. The Kier molecular flexibility index (Phi) is 7.02. The molecule has 0 radical (unpaired) electrons. The van der Waals surface area contributed by atoms with Crippen LogP contribution in [0.2, 0.25) is 5.02 Å². The van der Waals surface area contributed by atoms with Crippen molar-refractivity contribution in [2.24, 2.45) is 0 Å². The molecule has 4 aromatic rings. The topological polar surface area (TPSA) is 77.5 Å². The number of carbonyl (C=O) groups excluding carboxylic acids is 1. The third-order valence-electron chi connectivity index (χ3n) is 7.42. The number of hydrogen-bond acceptors (Lipinski definition) is 7. The van der Waals surface area contributed by atoms with Crippen molar-refractivity contribution in [1.82, 2.24) is 19.9 Å². The van der Waals surface area contributed by atoms with Crippen molar-refractivity contribution in [2.45, 2.75) is 13.5 Å². The summed E-state index contributed by atoms with van der Waals surface area (Å²) in [6, 6.07) is 17.9. The molecule has 0 aliphatic carbocycles. The highest BCUT2D eigenvalue weighted by Crippen LogP contribution is 2.33. The molecule has 2 aliphatic heterocycles. The van der Waals surface area contributed by atoms with Crippen LogP contribution < -0.4 is 15.1 Å². The molecule has 0 saturated carbocycles. The first-order chi connectivity index (χ1) is 19.0. The average Bonchev–Trinajstić information content (AvgIpc) is 2.99. The molecule has 2 aromatic carbocycles. The molecule has 1 N–H and O–H groups in total. The van der Waals surface area contributed by atoms with Crippen molar-refractivity contribution in [2.75, 3.05) is 54.4 Å². The number of nitrogens with zero attached hydrogens (tertiary/aromatic N) is 6. The van der Waals surface area contributed by atoms with Crippen LogP contribution in [0.3, 0.4) is 0 Å². The van der Waals surface area contributed by atoms with E-state index >= 15 is 0 Å². The third kappa shape index (κ3) is 5.38. The summed E-state index contributed by atoms with van der Waals surface area (Å²) in [6.07, 6.45) is 5.38. The Labute approximate surface area is 233 Å². The van der Waals surface area contributed by atoms with Gasteiger partial charge in [-0.25, -0.2) is 15.0 Å². The van der Waals surface area contributed by atoms with E-state index in [-0.39, 0.29) is 5.91 Å². The lowest BCUT2D eigenvalue weighted by molar-refractivity contribution is 0.0746. The Morgan fingerprint density at radius 1 is 0.923 bits per heavy atom. The summed E-state index contributed by atoms with van der Waals surface area (Å²) in [5.74, 6) is 1.65. The molecule has 0 atom stereocenters. The van der Waals surface area contributed by atoms with Crippen LogP contribution in [0.1, 0.15) is 21.5 Å². The number of hydrogen-bond donors (Lipinski definition) is 1. The lowest BCUT2D eigenvalue weighted by Gasteiger charge is -2.34. The minimum absolute atomic E-state index is 0.0472. The van der Waals surface area contributed by atoms with Gasteiger partial charge >= 0.3 is 0 Å². The second-order valence-electron chi connectivity index (χ2n) is 9.92. The van der Waals surface area contributed by atoms with Gasteiger partial charge in [0.2, 0.25) is 5.95 Å². The molecule has 1 fully saturated rings. The zero-order valence-electron chi connectivity index (χ0n) is 21.8. The van der Waals surface area contributed by atoms with Crippen LogP contribution in [0.4, 0.5) is 17.5 Å². The van der Waals surface area contributed by atoms with Gasteiger partial charge in [-0.1, -0.05) is 29.8 Å². The van der Waals surface area contributed by atoms with Crippen molar-refractivity contribution in [3.63, 3.8) is 0 Å². The van der Waals surface area contributed by atoms with E-state index in [0.717, 1.165) is 47.3 Å². The van der Waals surface area contributed by atoms with Crippen LogP contribution in [0.25, 0.3) is 11.1 Å². The highest BCUT2D eigenvalue weighted by atomic mass is 35.5. The summed E-state index contributed by atoms with van der Waals surface area (Å²) in [4.78, 5) is 32.9. The number of amides is 1. The number of pyridine rings is 1. The second kappa shape index (κ2) is 10.9. The fourth-order valence-electron chi connectivity index (χ4n) is 5.15. The number of rotatable bonds is 5. The average molecular weight is 540 g/mol. The van der Waals surface area contributed by atoms with Crippen molar-refractivity contribution in [3.8, 4) is 11.1 Å². The summed E-state index contributed by atoms with van der Waals surface area (Å²) in [5, 5.41) is 4.17. The Morgan fingerprint density at radius 2 is 1.69 bits per heavy atom. The largest absolute Gasteiger partial charge is 0.367 e. The Bertz CT molecular complexity index is 1470. The molecule has 0 bridgehead atoms. The molecular formula is C30H30ClN7O. The van der Waals surface area contributed by atoms with Crippen molar-refractivity contribution in [3.05, 3.63) is 94.9 Å². The molecule has 2 aliphatic rings. The molecular weight excluding hydrogens is 510 g/mol. The number of benzene rings is 2. The first kappa shape index (κ1) is 25.1. The smallest absolute Gasteiger partial charge is 0.253 e. The summed E-state index contributed by atoms with van der Waals surface area (Å²) < 4.78 is 0. The molecule has 8 nitrogen and oxygen atoms in total. The quantitative estimate of drug-likeness (QED) is 0.387. The maximum Gasteiger partial charge on any atom is 0.253 e. The van der Waals surface area contributed by atoms with Gasteiger partial charge in [-0.05, 0) is 60.0 Å². The SMILES string of the molecule is Cc1ccc(Cl)cc1CN1CCNc2ncc(-c3ccc(C(=O)N4CCN(c5ncccn5)CC4)cc3)cc21. The lowest BCUT2D eigenvalue weighted by Crippen LogP contribution is -2.49. The van der Waals surface area contributed by atoms with E-state index in [1.165, 1.54) is 11.1 Å². The first-order valence-electron chi connectivity index (χ1n) is 13.2. The molecule has 39 heavy (non-hydrogen) atoms. The highest BCUT2D eigenvalue weighted by Gasteiger charge is 2.24. The van der Waals surface area contributed by atoms with E-state index in [1.54, 1.807) is 12.4 Å².